The highest BCUT2D eigenvalue weighted by molar-refractivity contribution is 6.35. The van der Waals surface area contributed by atoms with Crippen LogP contribution in [0.15, 0.2) is 84.9 Å². The van der Waals surface area contributed by atoms with Crippen LogP contribution in [-0.4, -0.2) is 0 Å². The zero-order valence-corrected chi connectivity index (χ0v) is 20.6. The first-order valence-corrected chi connectivity index (χ1v) is 11.9. The van der Waals surface area contributed by atoms with Crippen molar-refractivity contribution in [1.82, 2.24) is 0 Å². The van der Waals surface area contributed by atoms with Gasteiger partial charge in [0.2, 0.25) is 0 Å². The van der Waals surface area contributed by atoms with Crippen LogP contribution >= 0.6 is 23.2 Å². The second kappa shape index (κ2) is 10.2. The van der Waals surface area contributed by atoms with Crippen molar-refractivity contribution in [2.45, 2.75) is 0 Å². The molecule has 0 nitrogen and oxygen atoms in total. The van der Waals surface area contributed by atoms with Gasteiger partial charge in [0, 0.05) is 27.8 Å². The van der Waals surface area contributed by atoms with Crippen molar-refractivity contribution in [1.29, 1.82) is 0 Å². The van der Waals surface area contributed by atoms with Crippen molar-refractivity contribution in [2.24, 2.45) is 0 Å². The molecule has 0 aromatic heterocycles. The third-order valence-corrected chi connectivity index (χ3v) is 6.61. The average Bonchev–Trinajstić information content (AvgIpc) is 2.87. The lowest BCUT2D eigenvalue weighted by Gasteiger charge is -2.23. The Morgan fingerprint density at radius 2 is 0.921 bits per heavy atom. The Bertz CT molecular complexity index is 1660. The lowest BCUT2D eigenvalue weighted by Crippen LogP contribution is -2.01. The van der Waals surface area contributed by atoms with Gasteiger partial charge < -0.3 is 0 Å². The highest BCUT2D eigenvalue weighted by Crippen LogP contribution is 2.51. The zero-order valence-electron chi connectivity index (χ0n) is 19.1. The minimum Gasteiger partial charge on any atom is -0.207 e. The minimum absolute atomic E-state index is 0.00895. The highest BCUT2D eigenvalue weighted by atomic mass is 35.5. The lowest BCUT2D eigenvalue weighted by atomic mass is 9.82. The summed E-state index contributed by atoms with van der Waals surface area (Å²) in [4.78, 5) is 0. The summed E-state index contributed by atoms with van der Waals surface area (Å²) in [5.41, 5.74) is 0.612. The molecule has 0 aliphatic rings. The van der Waals surface area contributed by atoms with Gasteiger partial charge in [0.05, 0.1) is 5.02 Å². The van der Waals surface area contributed by atoms with Crippen molar-refractivity contribution in [3.8, 4) is 44.5 Å². The topological polar surface area (TPSA) is 0 Å². The van der Waals surface area contributed by atoms with E-state index in [1.807, 2.05) is 0 Å². The minimum atomic E-state index is -1.19. The molecule has 190 valence electrons. The number of hydrogen-bond donors (Lipinski definition) is 0. The third-order valence-electron chi connectivity index (χ3n) is 6.01. The quantitative estimate of drug-likeness (QED) is 0.192. The van der Waals surface area contributed by atoms with Crippen LogP contribution in [0.3, 0.4) is 0 Å². The number of rotatable bonds is 4. The van der Waals surface area contributed by atoms with Crippen molar-refractivity contribution in [3.05, 3.63) is 130 Å². The first-order chi connectivity index (χ1) is 18.1. The largest absolute Gasteiger partial charge is 0.207 e. The lowest BCUT2D eigenvalue weighted by molar-refractivity contribution is 0.509. The molecule has 0 heterocycles. The van der Waals surface area contributed by atoms with E-state index in [9.17, 15) is 22.0 Å². The Morgan fingerprint density at radius 1 is 0.395 bits per heavy atom. The monoisotopic (exact) mass is 558 g/mol. The average molecular weight is 559 g/mol. The van der Waals surface area contributed by atoms with Gasteiger partial charge in [0.1, 0.15) is 17.5 Å². The van der Waals surface area contributed by atoms with Crippen LogP contribution < -0.4 is 0 Å². The molecule has 0 bridgehead atoms. The molecule has 5 aromatic rings. The van der Waals surface area contributed by atoms with Gasteiger partial charge in [-0.2, -0.15) is 0 Å². The molecular formula is C30H14Cl2F6. The van der Waals surface area contributed by atoms with E-state index < -0.39 is 39.9 Å². The SMILES string of the molecule is Fc1ccc(-c2c(-c3cc(F)cc(F)c3)c(F)c(Cl)c(-c3ccc(F)c(F)c3)c2-c2ccc(Cl)cc2)cc1. The van der Waals surface area contributed by atoms with Crippen molar-refractivity contribution < 1.29 is 26.3 Å². The molecule has 5 aromatic carbocycles. The standard InChI is InChI=1S/C30H14Cl2F6/c31-19-6-1-15(2-7-19)25-26(16-3-8-20(33)9-4-16)28(18-11-21(34)14-22(35)12-18)30(38)29(32)27(25)17-5-10-23(36)24(37)13-17/h1-14H. The molecule has 0 saturated heterocycles. The summed E-state index contributed by atoms with van der Waals surface area (Å²) < 4.78 is 86.8. The van der Waals surface area contributed by atoms with Crippen LogP contribution in [0.25, 0.3) is 44.5 Å². The van der Waals surface area contributed by atoms with Crippen LogP contribution in [0.2, 0.25) is 10.0 Å². The van der Waals surface area contributed by atoms with E-state index in [4.69, 9.17) is 23.2 Å². The predicted octanol–water partition coefficient (Wildman–Crippen LogP) is 10.5. The Balaban J connectivity index is 2.01. The van der Waals surface area contributed by atoms with E-state index in [1.165, 1.54) is 18.2 Å². The summed E-state index contributed by atoms with van der Waals surface area (Å²) in [6, 6.07) is 16.8. The van der Waals surface area contributed by atoms with Crippen molar-refractivity contribution >= 4 is 23.2 Å². The van der Waals surface area contributed by atoms with E-state index in [0.29, 0.717) is 16.7 Å². The summed E-state index contributed by atoms with van der Waals surface area (Å²) >= 11 is 12.6. The maximum Gasteiger partial charge on any atom is 0.159 e. The van der Waals surface area contributed by atoms with Gasteiger partial charge >= 0.3 is 0 Å². The van der Waals surface area contributed by atoms with E-state index in [2.05, 4.69) is 0 Å². The molecule has 0 radical (unpaired) electrons. The molecule has 0 unspecified atom stereocenters. The number of benzene rings is 5. The molecule has 5 rings (SSSR count). The molecular weight excluding hydrogens is 545 g/mol. The van der Waals surface area contributed by atoms with Crippen molar-refractivity contribution in [2.75, 3.05) is 0 Å². The summed E-state index contributed by atoms with van der Waals surface area (Å²) in [5, 5.41) is -0.112. The second-order valence-corrected chi connectivity index (χ2v) is 9.24. The predicted molar refractivity (Wildman–Crippen MR) is 138 cm³/mol. The smallest absolute Gasteiger partial charge is 0.159 e. The summed E-state index contributed by atoms with van der Waals surface area (Å²) in [6.07, 6.45) is 0. The third kappa shape index (κ3) is 4.77. The fraction of sp³-hybridized carbons (Fsp3) is 0. The molecule has 0 saturated carbocycles. The highest BCUT2D eigenvalue weighted by Gasteiger charge is 2.28. The molecule has 0 amide bonds. The Hall–Kier alpha value is -3.74. The van der Waals surface area contributed by atoms with Gasteiger partial charge in [-0.25, -0.2) is 26.3 Å². The van der Waals surface area contributed by atoms with E-state index in [-0.39, 0.29) is 38.9 Å². The van der Waals surface area contributed by atoms with Crippen LogP contribution in [0, 0.1) is 34.9 Å². The van der Waals surface area contributed by atoms with Gasteiger partial charge in [0.25, 0.3) is 0 Å². The van der Waals surface area contributed by atoms with Crippen LogP contribution in [0.5, 0.6) is 0 Å². The Kier molecular flexibility index (Phi) is 6.95. The second-order valence-electron chi connectivity index (χ2n) is 8.43. The summed E-state index contributed by atoms with van der Waals surface area (Å²) in [5.74, 6) is -5.87. The fourth-order valence-corrected chi connectivity index (χ4v) is 4.82. The van der Waals surface area contributed by atoms with Gasteiger partial charge in [-0.1, -0.05) is 53.5 Å². The molecule has 0 N–H and O–H groups in total. The van der Waals surface area contributed by atoms with Crippen molar-refractivity contribution in [3.63, 3.8) is 0 Å². The molecule has 0 aliphatic heterocycles. The van der Waals surface area contributed by atoms with Crippen LogP contribution in [0.1, 0.15) is 0 Å². The molecule has 8 heteroatoms. The van der Waals surface area contributed by atoms with Crippen LogP contribution in [0.4, 0.5) is 26.3 Å². The molecule has 0 atom stereocenters. The molecule has 38 heavy (non-hydrogen) atoms. The van der Waals surface area contributed by atoms with Crippen LogP contribution in [-0.2, 0) is 0 Å². The van der Waals surface area contributed by atoms with Gasteiger partial charge in [-0.3, -0.25) is 0 Å². The maximum absolute atomic E-state index is 16.2. The molecule has 0 fully saturated rings. The fourth-order valence-electron chi connectivity index (χ4n) is 4.39. The first-order valence-electron chi connectivity index (χ1n) is 11.1. The Labute approximate surface area is 223 Å². The van der Waals surface area contributed by atoms with Gasteiger partial charge in [0.15, 0.2) is 17.5 Å². The molecule has 0 spiro atoms. The van der Waals surface area contributed by atoms with E-state index >= 15 is 4.39 Å². The van der Waals surface area contributed by atoms with Gasteiger partial charge in [-0.05, 0) is 76.3 Å². The van der Waals surface area contributed by atoms with Gasteiger partial charge in [-0.15, -0.1) is 0 Å². The molecule has 0 aliphatic carbocycles. The summed E-state index contributed by atoms with van der Waals surface area (Å²) in [7, 11) is 0. The first kappa shape index (κ1) is 25.9. The zero-order chi connectivity index (χ0) is 27.1. The maximum atomic E-state index is 16.2. The summed E-state index contributed by atoms with van der Waals surface area (Å²) in [6.45, 7) is 0. The number of halogens is 8. The van der Waals surface area contributed by atoms with E-state index in [0.717, 1.165) is 36.4 Å². The Morgan fingerprint density at radius 3 is 1.50 bits per heavy atom. The normalized spacial score (nSPS) is 11.2. The number of hydrogen-bond acceptors (Lipinski definition) is 0. The van der Waals surface area contributed by atoms with E-state index in [1.54, 1.807) is 24.3 Å².